The molecule has 0 fully saturated rings. The first kappa shape index (κ1) is 14.4. The van der Waals surface area contributed by atoms with Gasteiger partial charge in [0.15, 0.2) is 17.6 Å². The highest BCUT2D eigenvalue weighted by atomic mass is 16.6. The number of rotatable bonds is 5. The molecule has 1 aliphatic heterocycles. The number of carbonyl (C=O) groups is 1. The number of nitrogens with zero attached hydrogens (tertiary/aromatic N) is 2. The maximum atomic E-state index is 11.6. The maximum absolute atomic E-state index is 11.6. The van der Waals surface area contributed by atoms with Gasteiger partial charge in [-0.15, -0.1) is 0 Å². The van der Waals surface area contributed by atoms with Crippen molar-refractivity contribution in [1.82, 2.24) is 9.78 Å². The molecular weight excluding hydrogens is 282 g/mol. The molecule has 0 radical (unpaired) electrons. The minimum Gasteiger partial charge on any atom is -0.486 e. The highest BCUT2D eigenvalue weighted by Crippen LogP contribution is 2.31. The van der Waals surface area contributed by atoms with Gasteiger partial charge in [-0.3, -0.25) is 9.48 Å². The third-order valence-corrected chi connectivity index (χ3v) is 3.35. The first-order valence-corrected chi connectivity index (χ1v) is 7.45. The van der Waals surface area contributed by atoms with Crippen LogP contribution in [0.2, 0.25) is 0 Å². The molecule has 22 heavy (non-hydrogen) atoms. The van der Waals surface area contributed by atoms with E-state index >= 15 is 0 Å². The van der Waals surface area contributed by atoms with Crippen molar-refractivity contribution >= 4 is 11.6 Å². The number of nitrogens with one attached hydrogen (secondary N) is 1. The van der Waals surface area contributed by atoms with E-state index in [-0.39, 0.29) is 12.0 Å². The number of amides is 1. The predicted octanol–water partition coefficient (Wildman–Crippen LogP) is 2.46. The molecule has 1 atom stereocenters. The van der Waals surface area contributed by atoms with Crippen molar-refractivity contribution in [3.8, 4) is 11.5 Å². The molecule has 1 aromatic heterocycles. The lowest BCUT2D eigenvalue weighted by atomic mass is 10.2. The first-order valence-electron chi connectivity index (χ1n) is 7.45. The number of anilines is 1. The zero-order chi connectivity index (χ0) is 15.4. The molecule has 116 valence electrons. The molecule has 1 unspecified atom stereocenters. The van der Waals surface area contributed by atoms with E-state index in [1.807, 2.05) is 31.2 Å². The van der Waals surface area contributed by atoms with E-state index < -0.39 is 0 Å². The zero-order valence-electron chi connectivity index (χ0n) is 12.5. The summed E-state index contributed by atoms with van der Waals surface area (Å²) in [6.07, 6.45) is 4.69. The van der Waals surface area contributed by atoms with Crippen molar-refractivity contribution in [2.24, 2.45) is 0 Å². The maximum Gasteiger partial charge on any atom is 0.224 e. The largest absolute Gasteiger partial charge is 0.486 e. The van der Waals surface area contributed by atoms with Crippen LogP contribution in [-0.4, -0.2) is 28.4 Å². The van der Waals surface area contributed by atoms with E-state index in [1.54, 1.807) is 17.1 Å². The molecule has 2 aromatic rings. The van der Waals surface area contributed by atoms with Gasteiger partial charge in [0.2, 0.25) is 5.91 Å². The fourth-order valence-corrected chi connectivity index (χ4v) is 2.34. The lowest BCUT2D eigenvalue weighted by Gasteiger charge is -2.26. The molecule has 1 amide bonds. The average Bonchev–Trinajstić information content (AvgIpc) is 2.94. The monoisotopic (exact) mass is 301 g/mol. The van der Waals surface area contributed by atoms with Gasteiger partial charge in [-0.25, -0.2) is 0 Å². The normalized spacial score (nSPS) is 16.3. The van der Waals surface area contributed by atoms with Crippen LogP contribution in [0.4, 0.5) is 5.69 Å². The van der Waals surface area contributed by atoms with Crippen LogP contribution in [0.25, 0.3) is 0 Å². The second-order valence-corrected chi connectivity index (χ2v) is 5.25. The Kier molecular flexibility index (Phi) is 4.27. The van der Waals surface area contributed by atoms with Gasteiger partial charge < -0.3 is 14.8 Å². The molecule has 0 aliphatic carbocycles. The summed E-state index contributed by atoms with van der Waals surface area (Å²) < 4.78 is 13.3. The van der Waals surface area contributed by atoms with Crippen LogP contribution >= 0.6 is 0 Å². The Bertz CT molecular complexity index is 654. The molecule has 2 heterocycles. The first-order chi connectivity index (χ1) is 10.7. The van der Waals surface area contributed by atoms with Crippen LogP contribution in [0.3, 0.4) is 0 Å². The van der Waals surface area contributed by atoms with E-state index in [2.05, 4.69) is 10.4 Å². The Labute approximate surface area is 129 Å². The van der Waals surface area contributed by atoms with Crippen LogP contribution in [0.1, 0.15) is 19.8 Å². The number of para-hydroxylation sites is 2. The van der Waals surface area contributed by atoms with Gasteiger partial charge in [-0.2, -0.15) is 5.10 Å². The highest BCUT2D eigenvalue weighted by molar-refractivity contribution is 5.90. The van der Waals surface area contributed by atoms with Crippen molar-refractivity contribution in [2.45, 2.75) is 32.4 Å². The van der Waals surface area contributed by atoms with E-state index in [0.717, 1.165) is 17.9 Å². The number of fused-ring (bicyclic) bond motifs is 1. The van der Waals surface area contributed by atoms with E-state index in [1.165, 1.54) is 0 Å². The number of ether oxygens (including phenoxy) is 2. The van der Waals surface area contributed by atoms with E-state index in [4.69, 9.17) is 9.47 Å². The summed E-state index contributed by atoms with van der Waals surface area (Å²) in [6, 6.07) is 7.61. The summed E-state index contributed by atoms with van der Waals surface area (Å²) in [4.78, 5) is 11.6. The molecule has 1 N–H and O–H groups in total. The quantitative estimate of drug-likeness (QED) is 0.921. The summed E-state index contributed by atoms with van der Waals surface area (Å²) in [5.74, 6) is 1.53. The van der Waals surface area contributed by atoms with Gasteiger partial charge in [-0.05, 0) is 18.6 Å². The van der Waals surface area contributed by atoms with Crippen LogP contribution in [0.5, 0.6) is 11.5 Å². The van der Waals surface area contributed by atoms with Crippen molar-refractivity contribution in [3.63, 3.8) is 0 Å². The summed E-state index contributed by atoms with van der Waals surface area (Å²) in [5.41, 5.74) is 0.704. The summed E-state index contributed by atoms with van der Waals surface area (Å²) in [7, 11) is 0. The average molecular weight is 301 g/mol. The third-order valence-electron chi connectivity index (χ3n) is 3.35. The Morgan fingerprint density at radius 1 is 1.41 bits per heavy atom. The molecule has 1 aliphatic rings. The van der Waals surface area contributed by atoms with Crippen LogP contribution < -0.4 is 14.8 Å². The van der Waals surface area contributed by atoms with Gasteiger partial charge in [0.25, 0.3) is 0 Å². The summed E-state index contributed by atoms with van der Waals surface area (Å²) >= 11 is 0. The second kappa shape index (κ2) is 6.51. The Morgan fingerprint density at radius 2 is 2.23 bits per heavy atom. The lowest BCUT2D eigenvalue weighted by molar-refractivity contribution is -0.116. The number of hydrogen-bond acceptors (Lipinski definition) is 4. The molecule has 6 nitrogen and oxygen atoms in total. The number of carbonyl (C=O) groups excluding carboxylic acids is 1. The smallest absolute Gasteiger partial charge is 0.224 e. The standard InChI is InChI=1S/C16H19N3O3/c1-2-5-16(20)18-12-8-17-19(9-12)10-13-11-21-14-6-3-4-7-15(14)22-13/h3-4,6-9,13H,2,5,10-11H2,1H3,(H,18,20). The predicted molar refractivity (Wildman–Crippen MR) is 82.1 cm³/mol. The second-order valence-electron chi connectivity index (χ2n) is 5.25. The van der Waals surface area contributed by atoms with E-state index in [0.29, 0.717) is 25.3 Å². The van der Waals surface area contributed by atoms with Crippen molar-refractivity contribution < 1.29 is 14.3 Å². The fourth-order valence-electron chi connectivity index (χ4n) is 2.34. The molecule has 6 heteroatoms. The van der Waals surface area contributed by atoms with Crippen molar-refractivity contribution in [3.05, 3.63) is 36.7 Å². The minimum atomic E-state index is -0.103. The van der Waals surface area contributed by atoms with Gasteiger partial charge in [0.1, 0.15) is 6.61 Å². The zero-order valence-corrected chi connectivity index (χ0v) is 12.5. The topological polar surface area (TPSA) is 65.4 Å². The number of benzene rings is 1. The number of aromatic nitrogens is 2. The van der Waals surface area contributed by atoms with Gasteiger partial charge in [0, 0.05) is 12.6 Å². The Hall–Kier alpha value is -2.50. The molecule has 3 rings (SSSR count). The van der Waals surface area contributed by atoms with E-state index in [9.17, 15) is 4.79 Å². The van der Waals surface area contributed by atoms with Crippen molar-refractivity contribution in [1.29, 1.82) is 0 Å². The van der Waals surface area contributed by atoms with Crippen LogP contribution in [0.15, 0.2) is 36.7 Å². The van der Waals surface area contributed by atoms with Crippen LogP contribution in [0, 0.1) is 0 Å². The summed E-state index contributed by atoms with van der Waals surface area (Å²) in [6.45, 7) is 3.02. The molecule has 0 saturated carbocycles. The highest BCUT2D eigenvalue weighted by Gasteiger charge is 2.21. The summed E-state index contributed by atoms with van der Waals surface area (Å²) in [5, 5.41) is 7.07. The van der Waals surface area contributed by atoms with Crippen molar-refractivity contribution in [2.75, 3.05) is 11.9 Å². The van der Waals surface area contributed by atoms with Gasteiger partial charge >= 0.3 is 0 Å². The third kappa shape index (κ3) is 3.39. The fraction of sp³-hybridized carbons (Fsp3) is 0.375. The minimum absolute atomic E-state index is 0.00762. The van der Waals surface area contributed by atoms with Crippen LogP contribution in [-0.2, 0) is 11.3 Å². The van der Waals surface area contributed by atoms with Gasteiger partial charge in [-0.1, -0.05) is 19.1 Å². The number of hydrogen-bond donors (Lipinski definition) is 1. The lowest BCUT2D eigenvalue weighted by Crippen LogP contribution is -2.33. The Balaban J connectivity index is 1.58. The SMILES string of the molecule is CCCC(=O)Nc1cnn(CC2COc3ccccc3O2)c1. The molecular formula is C16H19N3O3. The molecule has 0 spiro atoms. The molecule has 0 saturated heterocycles. The Morgan fingerprint density at radius 3 is 3.05 bits per heavy atom. The molecule has 1 aromatic carbocycles. The van der Waals surface area contributed by atoms with Gasteiger partial charge in [0.05, 0.1) is 18.4 Å². The molecule has 0 bridgehead atoms.